The van der Waals surface area contributed by atoms with Crippen molar-refractivity contribution in [1.82, 2.24) is 4.98 Å². The third-order valence-corrected chi connectivity index (χ3v) is 2.91. The van der Waals surface area contributed by atoms with Crippen LogP contribution in [0.1, 0.15) is 27.4 Å². The van der Waals surface area contributed by atoms with Crippen molar-refractivity contribution in [2.75, 3.05) is 11.1 Å². The van der Waals surface area contributed by atoms with Crippen LogP contribution in [0.3, 0.4) is 0 Å². The fourth-order valence-corrected chi connectivity index (χ4v) is 1.75. The molecular formula is C13H15N3O2. The lowest BCUT2D eigenvalue weighted by Gasteiger charge is -2.12. The summed E-state index contributed by atoms with van der Waals surface area (Å²) >= 11 is 0. The number of anilines is 2. The molecule has 0 saturated heterocycles. The van der Waals surface area contributed by atoms with Crippen LogP contribution >= 0.6 is 0 Å². The van der Waals surface area contributed by atoms with Crippen LogP contribution < -0.4 is 11.1 Å². The number of oxazole rings is 1. The number of benzene rings is 1. The Morgan fingerprint density at radius 2 is 2.06 bits per heavy atom. The first-order valence-electron chi connectivity index (χ1n) is 5.58. The molecule has 0 radical (unpaired) electrons. The SMILES string of the molecule is Cc1ccc(N)c(C)c1NC(=O)c1ocnc1C. The van der Waals surface area contributed by atoms with E-state index < -0.39 is 0 Å². The maximum atomic E-state index is 12.0. The van der Waals surface area contributed by atoms with Gasteiger partial charge in [-0.25, -0.2) is 4.98 Å². The zero-order valence-electron chi connectivity index (χ0n) is 10.6. The van der Waals surface area contributed by atoms with Crippen molar-refractivity contribution in [1.29, 1.82) is 0 Å². The summed E-state index contributed by atoms with van der Waals surface area (Å²) in [5, 5.41) is 2.81. The molecule has 2 rings (SSSR count). The molecule has 0 aliphatic heterocycles. The molecule has 0 bridgehead atoms. The van der Waals surface area contributed by atoms with Crippen molar-refractivity contribution in [2.45, 2.75) is 20.8 Å². The third kappa shape index (κ3) is 2.07. The van der Waals surface area contributed by atoms with Gasteiger partial charge in [0.25, 0.3) is 5.91 Å². The van der Waals surface area contributed by atoms with Crippen LogP contribution in [0, 0.1) is 20.8 Å². The minimum absolute atomic E-state index is 0.219. The first-order chi connectivity index (χ1) is 8.50. The standard InChI is InChI=1S/C13H15N3O2/c1-7-4-5-10(14)8(2)11(7)16-13(17)12-9(3)15-6-18-12/h4-6H,14H2,1-3H3,(H,16,17). The molecule has 94 valence electrons. The van der Waals surface area contributed by atoms with Gasteiger partial charge >= 0.3 is 0 Å². The Balaban J connectivity index is 2.33. The van der Waals surface area contributed by atoms with Crippen molar-refractivity contribution in [3.63, 3.8) is 0 Å². The van der Waals surface area contributed by atoms with Gasteiger partial charge in [0.05, 0.1) is 5.69 Å². The molecule has 0 atom stereocenters. The van der Waals surface area contributed by atoms with Crippen LogP contribution in [0.15, 0.2) is 22.9 Å². The smallest absolute Gasteiger partial charge is 0.293 e. The summed E-state index contributed by atoms with van der Waals surface area (Å²) in [4.78, 5) is 15.9. The zero-order valence-corrected chi connectivity index (χ0v) is 10.6. The van der Waals surface area contributed by atoms with Crippen LogP contribution in [-0.2, 0) is 0 Å². The fraction of sp³-hybridized carbons (Fsp3) is 0.231. The van der Waals surface area contributed by atoms with E-state index in [0.29, 0.717) is 11.4 Å². The van der Waals surface area contributed by atoms with Crippen LogP contribution in [0.2, 0.25) is 0 Å². The Morgan fingerprint density at radius 3 is 2.67 bits per heavy atom. The predicted molar refractivity (Wildman–Crippen MR) is 69.5 cm³/mol. The van der Waals surface area contributed by atoms with Crippen LogP contribution in [0.25, 0.3) is 0 Å². The largest absolute Gasteiger partial charge is 0.438 e. The van der Waals surface area contributed by atoms with E-state index in [1.165, 1.54) is 6.39 Å². The normalized spacial score (nSPS) is 10.4. The number of nitrogens with one attached hydrogen (secondary N) is 1. The zero-order chi connectivity index (χ0) is 13.3. The van der Waals surface area contributed by atoms with E-state index >= 15 is 0 Å². The van der Waals surface area contributed by atoms with Gasteiger partial charge < -0.3 is 15.5 Å². The fourth-order valence-electron chi connectivity index (χ4n) is 1.75. The molecule has 1 aromatic carbocycles. The lowest BCUT2D eigenvalue weighted by molar-refractivity contribution is 0.0995. The van der Waals surface area contributed by atoms with E-state index in [9.17, 15) is 4.79 Å². The Morgan fingerprint density at radius 1 is 1.33 bits per heavy atom. The van der Waals surface area contributed by atoms with Gasteiger partial charge in [0.2, 0.25) is 5.76 Å². The molecule has 0 spiro atoms. The van der Waals surface area contributed by atoms with E-state index in [1.807, 2.05) is 26.0 Å². The quantitative estimate of drug-likeness (QED) is 0.796. The van der Waals surface area contributed by atoms with Gasteiger partial charge in [-0.2, -0.15) is 0 Å². The molecule has 18 heavy (non-hydrogen) atoms. The number of hydrogen-bond donors (Lipinski definition) is 2. The maximum absolute atomic E-state index is 12.0. The monoisotopic (exact) mass is 245 g/mol. The second-order valence-electron chi connectivity index (χ2n) is 4.19. The van der Waals surface area contributed by atoms with E-state index in [-0.39, 0.29) is 11.7 Å². The van der Waals surface area contributed by atoms with Gasteiger partial charge in [0, 0.05) is 11.4 Å². The summed E-state index contributed by atoms with van der Waals surface area (Å²) in [5.74, 6) is -0.0991. The number of carbonyl (C=O) groups excluding carboxylic acids is 1. The third-order valence-electron chi connectivity index (χ3n) is 2.91. The number of nitrogen functional groups attached to an aromatic ring is 1. The average molecular weight is 245 g/mol. The highest BCUT2D eigenvalue weighted by Crippen LogP contribution is 2.25. The molecule has 1 heterocycles. The molecule has 5 heteroatoms. The van der Waals surface area contributed by atoms with E-state index in [2.05, 4.69) is 10.3 Å². The number of aromatic nitrogens is 1. The van der Waals surface area contributed by atoms with Crippen molar-refractivity contribution in [2.24, 2.45) is 0 Å². The maximum Gasteiger partial charge on any atom is 0.293 e. The highest BCUT2D eigenvalue weighted by molar-refractivity contribution is 6.04. The van der Waals surface area contributed by atoms with Crippen molar-refractivity contribution in [3.05, 3.63) is 41.1 Å². The number of carbonyl (C=O) groups is 1. The Hall–Kier alpha value is -2.30. The number of nitrogens with two attached hydrogens (primary N) is 1. The summed E-state index contributed by atoms with van der Waals surface area (Å²) in [6.07, 6.45) is 1.25. The molecule has 1 amide bonds. The van der Waals surface area contributed by atoms with Crippen LogP contribution in [0.4, 0.5) is 11.4 Å². The second-order valence-corrected chi connectivity index (χ2v) is 4.19. The molecule has 0 aliphatic rings. The van der Waals surface area contributed by atoms with Crippen molar-refractivity contribution < 1.29 is 9.21 Å². The van der Waals surface area contributed by atoms with Gasteiger partial charge in [-0.15, -0.1) is 0 Å². The summed E-state index contributed by atoms with van der Waals surface area (Å²) in [6.45, 7) is 5.50. The minimum Gasteiger partial charge on any atom is -0.438 e. The number of hydrogen-bond acceptors (Lipinski definition) is 4. The Bertz CT molecular complexity index is 602. The highest BCUT2D eigenvalue weighted by atomic mass is 16.3. The van der Waals surface area contributed by atoms with Gasteiger partial charge in [-0.3, -0.25) is 4.79 Å². The molecule has 0 unspecified atom stereocenters. The number of rotatable bonds is 2. The minimum atomic E-state index is -0.318. The predicted octanol–water partition coefficient (Wildman–Crippen LogP) is 2.43. The summed E-state index contributed by atoms with van der Waals surface area (Å²) in [7, 11) is 0. The van der Waals surface area contributed by atoms with E-state index in [1.54, 1.807) is 6.92 Å². The summed E-state index contributed by atoms with van der Waals surface area (Å²) in [5.41, 5.74) is 9.55. The molecule has 5 nitrogen and oxygen atoms in total. The van der Waals surface area contributed by atoms with Gasteiger partial charge in [0.15, 0.2) is 6.39 Å². The Labute approximate surface area is 105 Å². The molecular weight excluding hydrogens is 230 g/mol. The van der Waals surface area contributed by atoms with Gasteiger partial charge in [-0.1, -0.05) is 6.07 Å². The summed E-state index contributed by atoms with van der Waals surface area (Å²) in [6, 6.07) is 3.69. The Kier molecular flexibility index (Phi) is 3.06. The first kappa shape index (κ1) is 12.2. The first-order valence-corrected chi connectivity index (χ1v) is 5.58. The van der Waals surface area contributed by atoms with E-state index in [0.717, 1.165) is 16.8 Å². The van der Waals surface area contributed by atoms with Crippen molar-refractivity contribution >= 4 is 17.3 Å². The lowest BCUT2D eigenvalue weighted by Crippen LogP contribution is -2.14. The van der Waals surface area contributed by atoms with Crippen LogP contribution in [-0.4, -0.2) is 10.9 Å². The molecule has 0 fully saturated rings. The number of amides is 1. The van der Waals surface area contributed by atoms with Crippen LogP contribution in [0.5, 0.6) is 0 Å². The molecule has 0 aliphatic carbocycles. The van der Waals surface area contributed by atoms with Gasteiger partial charge in [-0.05, 0) is 38.0 Å². The number of aryl methyl sites for hydroxylation is 2. The van der Waals surface area contributed by atoms with Gasteiger partial charge in [0.1, 0.15) is 0 Å². The molecule has 3 N–H and O–H groups in total. The topological polar surface area (TPSA) is 81.1 Å². The highest BCUT2D eigenvalue weighted by Gasteiger charge is 2.16. The number of nitrogens with zero attached hydrogens (tertiary/aromatic N) is 1. The second kappa shape index (κ2) is 4.52. The molecule has 2 aromatic rings. The molecule has 0 saturated carbocycles. The van der Waals surface area contributed by atoms with Crippen molar-refractivity contribution in [3.8, 4) is 0 Å². The average Bonchev–Trinajstić information content (AvgIpc) is 2.76. The summed E-state index contributed by atoms with van der Waals surface area (Å²) < 4.78 is 5.05. The van der Waals surface area contributed by atoms with E-state index in [4.69, 9.17) is 10.2 Å². The molecule has 1 aromatic heterocycles. The lowest BCUT2D eigenvalue weighted by atomic mass is 10.1.